The predicted octanol–water partition coefficient (Wildman–Crippen LogP) is 3.06. The summed E-state index contributed by atoms with van der Waals surface area (Å²) in [7, 11) is -3.38. The molecule has 6 heteroatoms. The van der Waals surface area contributed by atoms with Crippen LogP contribution in [0.25, 0.3) is 0 Å². The van der Waals surface area contributed by atoms with Crippen LogP contribution in [0.5, 0.6) is 0 Å². The summed E-state index contributed by atoms with van der Waals surface area (Å²) in [4.78, 5) is 1.40. The smallest absolute Gasteiger partial charge is 0.244 e. The van der Waals surface area contributed by atoms with Crippen molar-refractivity contribution < 1.29 is 8.42 Å². The minimum absolute atomic E-state index is 0.0945. The van der Waals surface area contributed by atoms with E-state index >= 15 is 0 Å². The highest BCUT2D eigenvalue weighted by Crippen LogP contribution is 2.31. The highest BCUT2D eigenvalue weighted by molar-refractivity contribution is 7.89. The van der Waals surface area contributed by atoms with E-state index in [0.29, 0.717) is 29.9 Å². The van der Waals surface area contributed by atoms with Gasteiger partial charge in [-0.05, 0) is 37.1 Å². The van der Waals surface area contributed by atoms with Gasteiger partial charge in [0.15, 0.2) is 0 Å². The van der Waals surface area contributed by atoms with Crippen LogP contribution in [0.1, 0.15) is 45.4 Å². The zero-order valence-electron chi connectivity index (χ0n) is 13.3. The highest BCUT2D eigenvalue weighted by atomic mass is 32.2. The number of rotatable bonds is 5. The molecule has 1 aromatic rings. The summed E-state index contributed by atoms with van der Waals surface area (Å²) in [6.45, 7) is 9.52. The van der Waals surface area contributed by atoms with E-state index in [0.717, 1.165) is 17.7 Å². The summed E-state index contributed by atoms with van der Waals surface area (Å²) in [6, 6.07) is 2.19. The SMILES string of the molecule is CC1CCC(C)N(S(=O)(=O)c2ccsc2CNC(C)C)C1. The van der Waals surface area contributed by atoms with Gasteiger partial charge in [0.1, 0.15) is 0 Å². The number of sulfonamides is 1. The quantitative estimate of drug-likeness (QED) is 0.903. The molecule has 1 aromatic heterocycles. The molecule has 0 aliphatic carbocycles. The molecule has 0 amide bonds. The molecule has 0 aromatic carbocycles. The monoisotopic (exact) mass is 330 g/mol. The first kappa shape index (κ1) is 16.9. The van der Waals surface area contributed by atoms with Crippen molar-refractivity contribution in [3.8, 4) is 0 Å². The van der Waals surface area contributed by atoms with Crippen molar-refractivity contribution in [2.45, 2.75) is 64.1 Å². The van der Waals surface area contributed by atoms with E-state index in [-0.39, 0.29) is 6.04 Å². The Morgan fingerprint density at radius 1 is 1.38 bits per heavy atom. The average molecular weight is 331 g/mol. The fourth-order valence-electron chi connectivity index (χ4n) is 2.69. The molecule has 2 heterocycles. The van der Waals surface area contributed by atoms with Gasteiger partial charge in [0, 0.05) is 30.1 Å². The Hall–Kier alpha value is -0.430. The van der Waals surface area contributed by atoms with E-state index < -0.39 is 10.0 Å². The summed E-state index contributed by atoms with van der Waals surface area (Å²) in [6.07, 6.45) is 2.06. The van der Waals surface area contributed by atoms with E-state index in [1.54, 1.807) is 10.4 Å². The molecular weight excluding hydrogens is 304 g/mol. The van der Waals surface area contributed by atoms with Gasteiger partial charge in [-0.1, -0.05) is 20.8 Å². The lowest BCUT2D eigenvalue weighted by molar-refractivity contribution is 0.218. The predicted molar refractivity (Wildman–Crippen MR) is 88.0 cm³/mol. The Labute approximate surface area is 132 Å². The standard InChI is InChI=1S/C15H26N2O2S2/c1-11(2)16-9-14-15(7-8-20-14)21(18,19)17-10-12(3)5-6-13(17)4/h7-8,11-13,16H,5-6,9-10H2,1-4H3. The Kier molecular flexibility index (Phi) is 5.46. The first-order chi connectivity index (χ1) is 9.82. The second kappa shape index (κ2) is 6.77. The van der Waals surface area contributed by atoms with E-state index in [1.807, 2.05) is 12.3 Å². The molecule has 0 bridgehead atoms. The van der Waals surface area contributed by atoms with Crippen molar-refractivity contribution in [3.63, 3.8) is 0 Å². The molecule has 1 N–H and O–H groups in total. The molecule has 0 saturated carbocycles. The van der Waals surface area contributed by atoms with Crippen molar-refractivity contribution in [3.05, 3.63) is 16.3 Å². The number of nitrogens with one attached hydrogen (secondary N) is 1. The Morgan fingerprint density at radius 2 is 2.10 bits per heavy atom. The largest absolute Gasteiger partial charge is 0.310 e. The maximum atomic E-state index is 13.0. The lowest BCUT2D eigenvalue weighted by Crippen LogP contribution is -2.45. The second-order valence-electron chi connectivity index (χ2n) is 6.35. The van der Waals surface area contributed by atoms with Gasteiger partial charge in [-0.15, -0.1) is 11.3 Å². The maximum absolute atomic E-state index is 13.0. The van der Waals surface area contributed by atoms with Crippen molar-refractivity contribution >= 4 is 21.4 Å². The van der Waals surface area contributed by atoms with Crippen LogP contribution >= 0.6 is 11.3 Å². The zero-order chi connectivity index (χ0) is 15.6. The number of hydrogen-bond donors (Lipinski definition) is 1. The molecule has 4 nitrogen and oxygen atoms in total. The van der Waals surface area contributed by atoms with Crippen LogP contribution in [0.4, 0.5) is 0 Å². The Morgan fingerprint density at radius 3 is 2.76 bits per heavy atom. The third-order valence-electron chi connectivity index (χ3n) is 4.02. The molecule has 2 rings (SSSR count). The maximum Gasteiger partial charge on any atom is 0.244 e. The molecular formula is C15H26N2O2S2. The van der Waals surface area contributed by atoms with Crippen LogP contribution in [-0.4, -0.2) is 31.4 Å². The molecule has 2 atom stereocenters. The molecule has 1 saturated heterocycles. The molecule has 120 valence electrons. The van der Waals surface area contributed by atoms with Crippen molar-refractivity contribution in [1.82, 2.24) is 9.62 Å². The minimum atomic E-state index is -3.38. The molecule has 2 unspecified atom stereocenters. The van der Waals surface area contributed by atoms with Gasteiger partial charge in [-0.3, -0.25) is 0 Å². The number of hydrogen-bond acceptors (Lipinski definition) is 4. The van der Waals surface area contributed by atoms with Crippen LogP contribution in [0.2, 0.25) is 0 Å². The second-order valence-corrected chi connectivity index (χ2v) is 9.21. The molecule has 1 aliphatic heterocycles. The molecule has 0 radical (unpaired) electrons. The van der Waals surface area contributed by atoms with Gasteiger partial charge in [0.25, 0.3) is 0 Å². The minimum Gasteiger partial charge on any atom is -0.310 e. The highest BCUT2D eigenvalue weighted by Gasteiger charge is 2.35. The number of nitrogens with zero attached hydrogens (tertiary/aromatic N) is 1. The van der Waals surface area contributed by atoms with Crippen LogP contribution in [0, 0.1) is 5.92 Å². The van der Waals surface area contributed by atoms with E-state index in [4.69, 9.17) is 0 Å². The van der Waals surface area contributed by atoms with Gasteiger partial charge in [0.05, 0.1) is 4.90 Å². The van der Waals surface area contributed by atoms with Crippen molar-refractivity contribution in [2.75, 3.05) is 6.54 Å². The third kappa shape index (κ3) is 3.86. The number of piperidine rings is 1. The lowest BCUT2D eigenvalue weighted by atomic mass is 9.97. The fraction of sp³-hybridized carbons (Fsp3) is 0.733. The number of thiophene rings is 1. The summed E-state index contributed by atoms with van der Waals surface area (Å²) in [5, 5.41) is 5.19. The van der Waals surface area contributed by atoms with Crippen LogP contribution in [-0.2, 0) is 16.6 Å². The Balaban J connectivity index is 2.25. The summed E-state index contributed by atoms with van der Waals surface area (Å²) in [5.41, 5.74) is 0. The van der Waals surface area contributed by atoms with Crippen molar-refractivity contribution in [2.24, 2.45) is 5.92 Å². The van der Waals surface area contributed by atoms with Crippen molar-refractivity contribution in [1.29, 1.82) is 0 Å². The van der Waals surface area contributed by atoms with E-state index in [2.05, 4.69) is 26.1 Å². The molecule has 1 aliphatic rings. The summed E-state index contributed by atoms with van der Waals surface area (Å²) in [5.74, 6) is 0.437. The van der Waals surface area contributed by atoms with Gasteiger partial charge in [-0.25, -0.2) is 8.42 Å². The van der Waals surface area contributed by atoms with E-state index in [9.17, 15) is 8.42 Å². The van der Waals surface area contributed by atoms with Crippen LogP contribution in [0.3, 0.4) is 0 Å². The van der Waals surface area contributed by atoms with Gasteiger partial charge in [-0.2, -0.15) is 4.31 Å². The third-order valence-corrected chi connectivity index (χ3v) is 7.14. The normalized spacial score (nSPS) is 24.6. The topological polar surface area (TPSA) is 49.4 Å². The zero-order valence-corrected chi connectivity index (χ0v) is 14.9. The Bertz CT molecular complexity index is 566. The lowest BCUT2D eigenvalue weighted by Gasteiger charge is -2.35. The molecule has 1 fully saturated rings. The van der Waals surface area contributed by atoms with Gasteiger partial charge >= 0.3 is 0 Å². The van der Waals surface area contributed by atoms with Crippen LogP contribution < -0.4 is 5.32 Å². The fourth-order valence-corrected chi connectivity index (χ4v) is 5.84. The average Bonchev–Trinajstić information content (AvgIpc) is 2.88. The first-order valence-electron chi connectivity index (χ1n) is 7.64. The van der Waals surface area contributed by atoms with E-state index in [1.165, 1.54) is 11.3 Å². The van der Waals surface area contributed by atoms with Gasteiger partial charge < -0.3 is 5.32 Å². The molecule has 0 spiro atoms. The summed E-state index contributed by atoms with van der Waals surface area (Å²) < 4.78 is 27.6. The van der Waals surface area contributed by atoms with Crippen LogP contribution in [0.15, 0.2) is 16.3 Å². The first-order valence-corrected chi connectivity index (χ1v) is 9.96. The molecule has 21 heavy (non-hydrogen) atoms. The summed E-state index contributed by atoms with van der Waals surface area (Å²) >= 11 is 1.52. The van der Waals surface area contributed by atoms with Gasteiger partial charge in [0.2, 0.25) is 10.0 Å².